The van der Waals surface area contributed by atoms with Crippen LogP contribution in [0.15, 0.2) is 36.7 Å². The van der Waals surface area contributed by atoms with E-state index >= 15 is 0 Å². The van der Waals surface area contributed by atoms with Gasteiger partial charge in [-0.15, -0.1) is 0 Å². The molecule has 0 amide bonds. The number of aryl methyl sites for hydroxylation is 2. The minimum atomic E-state index is -0.695. The van der Waals surface area contributed by atoms with Crippen molar-refractivity contribution < 1.29 is 14.3 Å². The summed E-state index contributed by atoms with van der Waals surface area (Å²) in [5.41, 5.74) is 3.55. The molecule has 0 radical (unpaired) electrons. The van der Waals surface area contributed by atoms with E-state index < -0.39 is 5.97 Å². The Morgan fingerprint density at radius 1 is 1.04 bits per heavy atom. The Morgan fingerprint density at radius 2 is 1.79 bits per heavy atom. The Morgan fingerprint density at radius 3 is 2.43 bits per heavy atom. The van der Waals surface area contributed by atoms with Gasteiger partial charge in [0.05, 0.1) is 21.9 Å². The summed E-state index contributed by atoms with van der Waals surface area (Å²) in [6.45, 7) is 5.06. The maximum Gasteiger partial charge on any atom is 0.358 e. The number of aromatic nitrogens is 3. The summed E-state index contributed by atoms with van der Waals surface area (Å²) >= 11 is 12.1. The molecule has 2 heterocycles. The van der Waals surface area contributed by atoms with Gasteiger partial charge in [0.1, 0.15) is 0 Å². The van der Waals surface area contributed by atoms with E-state index in [2.05, 4.69) is 9.97 Å². The van der Waals surface area contributed by atoms with Crippen LogP contribution in [-0.2, 0) is 4.74 Å². The molecule has 28 heavy (non-hydrogen) atoms. The van der Waals surface area contributed by atoms with Crippen LogP contribution in [0.5, 0.6) is 0 Å². The molecule has 6 nitrogen and oxygen atoms in total. The molecule has 1 aromatic carbocycles. The van der Waals surface area contributed by atoms with Crippen molar-refractivity contribution >= 4 is 35.0 Å². The Hall–Kier alpha value is -2.70. The molecule has 8 heteroatoms. The van der Waals surface area contributed by atoms with Gasteiger partial charge in [0.25, 0.3) is 0 Å². The lowest BCUT2D eigenvalue weighted by molar-refractivity contribution is 0.0468. The SMILES string of the molecule is Cc1cnc(C(=O)OCC(=O)c2cc(C)n(-c3ccc(Cl)c(Cl)c3)c2C)cn1. The van der Waals surface area contributed by atoms with Gasteiger partial charge < -0.3 is 9.30 Å². The number of ether oxygens (including phenoxy) is 1. The van der Waals surface area contributed by atoms with Crippen LogP contribution < -0.4 is 0 Å². The second-order valence-electron chi connectivity index (χ2n) is 6.26. The maximum atomic E-state index is 12.6. The van der Waals surface area contributed by atoms with Crippen molar-refractivity contribution in [3.8, 4) is 5.69 Å². The van der Waals surface area contributed by atoms with Gasteiger partial charge in [0, 0.05) is 28.8 Å². The minimum absolute atomic E-state index is 0.0553. The Balaban J connectivity index is 1.78. The molecule has 3 aromatic rings. The number of esters is 1. The van der Waals surface area contributed by atoms with Crippen LogP contribution in [0.4, 0.5) is 0 Å². The van der Waals surface area contributed by atoms with Crippen molar-refractivity contribution in [1.29, 1.82) is 0 Å². The van der Waals surface area contributed by atoms with Gasteiger partial charge in [-0.25, -0.2) is 9.78 Å². The number of hydrogen-bond acceptors (Lipinski definition) is 5. The van der Waals surface area contributed by atoms with Gasteiger partial charge in [0.15, 0.2) is 12.3 Å². The predicted octanol–water partition coefficient (Wildman–Crippen LogP) is 4.54. The van der Waals surface area contributed by atoms with E-state index in [1.54, 1.807) is 25.1 Å². The second-order valence-corrected chi connectivity index (χ2v) is 7.08. The first-order chi connectivity index (χ1) is 13.3. The number of carbonyl (C=O) groups excluding carboxylic acids is 2. The first kappa shape index (κ1) is 20.0. The average molecular weight is 418 g/mol. The Kier molecular flexibility index (Phi) is 5.82. The molecule has 0 aliphatic heterocycles. The van der Waals surface area contributed by atoms with Gasteiger partial charge in [-0.3, -0.25) is 9.78 Å². The third-order valence-electron chi connectivity index (χ3n) is 4.22. The highest BCUT2D eigenvalue weighted by atomic mass is 35.5. The van der Waals surface area contributed by atoms with Crippen molar-refractivity contribution in [2.75, 3.05) is 6.61 Å². The average Bonchev–Trinajstić information content (AvgIpc) is 2.97. The maximum absolute atomic E-state index is 12.6. The highest BCUT2D eigenvalue weighted by Gasteiger charge is 2.19. The minimum Gasteiger partial charge on any atom is -0.453 e. The first-order valence-electron chi connectivity index (χ1n) is 8.41. The molecule has 0 saturated heterocycles. The van der Waals surface area contributed by atoms with Crippen molar-refractivity contribution in [2.45, 2.75) is 20.8 Å². The molecule has 144 valence electrons. The van der Waals surface area contributed by atoms with Crippen molar-refractivity contribution in [1.82, 2.24) is 14.5 Å². The van der Waals surface area contributed by atoms with Crippen LogP contribution in [0.3, 0.4) is 0 Å². The van der Waals surface area contributed by atoms with Crippen LogP contribution >= 0.6 is 23.2 Å². The summed E-state index contributed by atoms with van der Waals surface area (Å²) in [4.78, 5) is 32.6. The first-order valence-corrected chi connectivity index (χ1v) is 9.17. The number of rotatable bonds is 5. The number of ketones is 1. The molecule has 3 rings (SSSR count). The second kappa shape index (κ2) is 8.12. The van der Waals surface area contributed by atoms with Crippen molar-refractivity contribution in [2.24, 2.45) is 0 Å². The molecule has 0 unspecified atom stereocenters. The smallest absolute Gasteiger partial charge is 0.358 e. The number of benzene rings is 1. The third kappa shape index (κ3) is 4.08. The fraction of sp³-hybridized carbons (Fsp3) is 0.200. The lowest BCUT2D eigenvalue weighted by atomic mass is 10.1. The number of halogens is 2. The molecule has 0 atom stereocenters. The molecule has 0 N–H and O–H groups in total. The molecule has 0 spiro atoms. The zero-order valence-corrected chi connectivity index (χ0v) is 17.0. The molecule has 0 bridgehead atoms. The van der Waals surface area contributed by atoms with Crippen molar-refractivity contribution in [3.63, 3.8) is 0 Å². The lowest BCUT2D eigenvalue weighted by Gasteiger charge is -2.11. The zero-order valence-electron chi connectivity index (χ0n) is 15.5. The van der Waals surface area contributed by atoms with E-state index in [0.717, 1.165) is 11.4 Å². The molecule has 0 aliphatic rings. The summed E-state index contributed by atoms with van der Waals surface area (Å²) in [5, 5.41) is 0.878. The number of carbonyl (C=O) groups is 2. The Labute approximate surface area is 172 Å². The summed E-state index contributed by atoms with van der Waals surface area (Å²) in [7, 11) is 0. The molecular formula is C20H17Cl2N3O3. The number of Topliss-reactive ketones (excluding diaryl/α,β-unsaturated/α-hetero) is 1. The van der Waals surface area contributed by atoms with Gasteiger partial charge in [0.2, 0.25) is 5.78 Å². The normalized spacial score (nSPS) is 10.8. The number of hydrogen-bond donors (Lipinski definition) is 0. The largest absolute Gasteiger partial charge is 0.453 e. The van der Waals surface area contributed by atoms with Gasteiger partial charge in [-0.05, 0) is 45.0 Å². The van der Waals surface area contributed by atoms with Crippen molar-refractivity contribution in [3.05, 3.63) is 75.0 Å². The summed E-state index contributed by atoms with van der Waals surface area (Å²) in [6, 6.07) is 7.00. The molecular weight excluding hydrogens is 401 g/mol. The number of nitrogens with zero attached hydrogens (tertiary/aromatic N) is 3. The van der Waals surface area contributed by atoms with E-state index in [1.807, 2.05) is 24.5 Å². The fourth-order valence-electron chi connectivity index (χ4n) is 2.85. The monoisotopic (exact) mass is 417 g/mol. The van der Waals surface area contributed by atoms with E-state index in [0.29, 0.717) is 27.0 Å². The van der Waals surface area contributed by atoms with E-state index in [1.165, 1.54) is 12.4 Å². The highest BCUT2D eigenvalue weighted by molar-refractivity contribution is 6.42. The summed E-state index contributed by atoms with van der Waals surface area (Å²) in [6.07, 6.45) is 2.78. The Bertz CT molecular complexity index is 1060. The standard InChI is InChI=1S/C20H17Cl2N3O3/c1-11-8-24-18(9-23-11)20(27)28-10-19(26)15-6-12(2)25(13(15)3)14-4-5-16(21)17(22)7-14/h4-9H,10H2,1-3H3. The molecule has 0 saturated carbocycles. The van der Waals surface area contributed by atoms with E-state index in [9.17, 15) is 9.59 Å². The molecule has 0 aliphatic carbocycles. The van der Waals surface area contributed by atoms with Crippen LogP contribution in [0.2, 0.25) is 10.0 Å². The van der Waals surface area contributed by atoms with E-state index in [-0.39, 0.29) is 18.1 Å². The van der Waals surface area contributed by atoms with Crippen LogP contribution in [0.1, 0.15) is 37.9 Å². The van der Waals surface area contributed by atoms with Crippen LogP contribution in [-0.4, -0.2) is 32.9 Å². The van der Waals surface area contributed by atoms with Gasteiger partial charge in [-0.2, -0.15) is 0 Å². The quantitative estimate of drug-likeness (QED) is 0.449. The topological polar surface area (TPSA) is 74.1 Å². The zero-order chi connectivity index (χ0) is 20.4. The third-order valence-corrected chi connectivity index (χ3v) is 4.96. The van der Waals surface area contributed by atoms with Gasteiger partial charge in [-0.1, -0.05) is 23.2 Å². The molecule has 0 fully saturated rings. The van der Waals surface area contributed by atoms with Crippen LogP contribution in [0, 0.1) is 20.8 Å². The highest BCUT2D eigenvalue weighted by Crippen LogP contribution is 2.27. The fourth-order valence-corrected chi connectivity index (χ4v) is 3.14. The van der Waals surface area contributed by atoms with Gasteiger partial charge >= 0.3 is 5.97 Å². The summed E-state index contributed by atoms with van der Waals surface area (Å²) in [5.74, 6) is -1.01. The summed E-state index contributed by atoms with van der Waals surface area (Å²) < 4.78 is 6.98. The van der Waals surface area contributed by atoms with E-state index in [4.69, 9.17) is 27.9 Å². The molecule has 2 aromatic heterocycles. The van der Waals surface area contributed by atoms with Crippen LogP contribution in [0.25, 0.3) is 5.69 Å². The lowest BCUT2D eigenvalue weighted by Crippen LogP contribution is -2.16. The predicted molar refractivity (Wildman–Crippen MR) is 107 cm³/mol.